The van der Waals surface area contributed by atoms with Crippen molar-refractivity contribution in [2.45, 2.75) is 45.7 Å². The van der Waals surface area contributed by atoms with Crippen molar-refractivity contribution in [3.63, 3.8) is 0 Å². The van der Waals surface area contributed by atoms with E-state index in [9.17, 15) is 22.8 Å². The lowest BCUT2D eigenvalue weighted by Crippen LogP contribution is -2.39. The van der Waals surface area contributed by atoms with Gasteiger partial charge in [-0.2, -0.15) is 13.2 Å². The van der Waals surface area contributed by atoms with E-state index in [0.29, 0.717) is 47.2 Å². The molecule has 1 amide bonds. The second-order valence-electron chi connectivity index (χ2n) is 9.48. The van der Waals surface area contributed by atoms with Crippen LogP contribution in [-0.4, -0.2) is 39.2 Å². The summed E-state index contributed by atoms with van der Waals surface area (Å²) in [5, 5.41) is 1.11. The number of aryl methyl sites for hydroxylation is 2. The molecule has 192 valence electrons. The molecular weight excluding hydrogens is 514 g/mol. The molecule has 1 saturated heterocycles. The van der Waals surface area contributed by atoms with Crippen molar-refractivity contribution >= 4 is 45.8 Å². The fourth-order valence-electron chi connectivity index (χ4n) is 4.89. The smallest absolute Gasteiger partial charge is 0.347 e. The molecule has 4 rings (SSSR count). The summed E-state index contributed by atoms with van der Waals surface area (Å²) in [4.78, 5) is 30.5. The summed E-state index contributed by atoms with van der Waals surface area (Å²) in [5.74, 6) is 0.107. The van der Waals surface area contributed by atoms with Crippen LogP contribution >= 0.6 is 23.2 Å². The Morgan fingerprint density at radius 3 is 2.42 bits per heavy atom. The fourth-order valence-corrected chi connectivity index (χ4v) is 5.45. The molecule has 3 heterocycles. The Hall–Kier alpha value is -2.58. The highest BCUT2D eigenvalue weighted by molar-refractivity contribution is 6.37. The van der Waals surface area contributed by atoms with Crippen molar-refractivity contribution in [1.29, 1.82) is 0 Å². The minimum absolute atomic E-state index is 0.0930. The van der Waals surface area contributed by atoms with E-state index >= 15 is 0 Å². The average molecular weight is 540 g/mol. The lowest BCUT2D eigenvalue weighted by molar-refractivity contribution is -0.137. The predicted octanol–water partition coefficient (Wildman–Crippen LogP) is 6.63. The van der Waals surface area contributed by atoms with Crippen molar-refractivity contribution in [2.24, 2.45) is 13.0 Å². The van der Waals surface area contributed by atoms with Crippen LogP contribution in [0, 0.1) is 12.8 Å². The average Bonchev–Trinajstić information content (AvgIpc) is 3.12. The zero-order valence-corrected chi connectivity index (χ0v) is 21.7. The Morgan fingerprint density at radius 2 is 1.81 bits per heavy atom. The molecule has 0 unspecified atom stereocenters. The second-order valence-corrected chi connectivity index (χ2v) is 10.3. The van der Waals surface area contributed by atoms with Crippen LogP contribution in [0.4, 0.5) is 13.2 Å². The number of halogens is 5. The van der Waals surface area contributed by atoms with Crippen molar-refractivity contribution in [3.05, 3.63) is 62.5 Å². The van der Waals surface area contributed by atoms with Crippen molar-refractivity contribution in [1.82, 2.24) is 14.5 Å². The van der Waals surface area contributed by atoms with E-state index in [1.165, 1.54) is 6.20 Å². The number of nitrogens with zero attached hydrogens (tertiary/aromatic N) is 3. The summed E-state index contributed by atoms with van der Waals surface area (Å²) in [6.45, 7) is 4.24. The number of aromatic nitrogens is 2. The molecule has 10 heteroatoms. The van der Waals surface area contributed by atoms with Crippen molar-refractivity contribution in [3.8, 4) is 0 Å². The number of carbonyl (C=O) groups is 2. The Bertz CT molecular complexity index is 1340. The number of hydrogen-bond donors (Lipinski definition) is 0. The van der Waals surface area contributed by atoms with Gasteiger partial charge in [0.2, 0.25) is 0 Å². The second kappa shape index (κ2) is 10.1. The molecule has 0 atom stereocenters. The van der Waals surface area contributed by atoms with Crippen LogP contribution in [0.15, 0.2) is 24.4 Å². The predicted molar refractivity (Wildman–Crippen MR) is 134 cm³/mol. The normalized spacial score (nSPS) is 15.1. The van der Waals surface area contributed by atoms with Crippen molar-refractivity contribution < 1.29 is 22.8 Å². The first kappa shape index (κ1) is 26.5. The minimum atomic E-state index is -4.45. The molecule has 2 aromatic heterocycles. The highest BCUT2D eigenvalue weighted by Crippen LogP contribution is 2.36. The third kappa shape index (κ3) is 5.25. The molecule has 1 aromatic carbocycles. The summed E-state index contributed by atoms with van der Waals surface area (Å²) in [6, 6.07) is 4.08. The third-order valence-corrected chi connectivity index (χ3v) is 7.63. The largest absolute Gasteiger partial charge is 0.416 e. The lowest BCUT2D eigenvalue weighted by atomic mass is 9.92. The molecule has 3 aromatic rings. The summed E-state index contributed by atoms with van der Waals surface area (Å²) in [6.07, 6.45) is -0.865. The van der Waals surface area contributed by atoms with E-state index in [-0.39, 0.29) is 39.8 Å². The quantitative estimate of drug-likeness (QED) is 0.365. The highest BCUT2D eigenvalue weighted by atomic mass is 35.5. The first-order valence-corrected chi connectivity index (χ1v) is 12.4. The maximum Gasteiger partial charge on any atom is 0.416 e. The van der Waals surface area contributed by atoms with Crippen LogP contribution in [0.3, 0.4) is 0 Å². The van der Waals surface area contributed by atoms with Gasteiger partial charge in [-0.3, -0.25) is 4.79 Å². The van der Waals surface area contributed by atoms with Crippen LogP contribution in [0.5, 0.6) is 0 Å². The topological polar surface area (TPSA) is 55.2 Å². The summed E-state index contributed by atoms with van der Waals surface area (Å²) >= 11 is 13.1. The van der Waals surface area contributed by atoms with Crippen molar-refractivity contribution in [2.75, 3.05) is 13.1 Å². The maximum atomic E-state index is 13.3. The number of ketones is 1. The monoisotopic (exact) mass is 539 g/mol. The van der Waals surface area contributed by atoms with Gasteiger partial charge in [0.25, 0.3) is 5.91 Å². The maximum absolute atomic E-state index is 13.3. The van der Waals surface area contributed by atoms with Crippen LogP contribution in [0.2, 0.25) is 10.0 Å². The van der Waals surface area contributed by atoms with Crippen LogP contribution in [-0.2, 0) is 24.4 Å². The number of Topliss-reactive ketones (excluding diaryl/α,β-unsaturated/α-hetero) is 1. The Kier molecular flexibility index (Phi) is 7.40. The van der Waals surface area contributed by atoms with Gasteiger partial charge >= 0.3 is 6.18 Å². The van der Waals surface area contributed by atoms with Gasteiger partial charge in [-0.05, 0) is 61.9 Å². The van der Waals surface area contributed by atoms with Gasteiger partial charge in [0, 0.05) is 55.8 Å². The number of carbonyl (C=O) groups excluding carboxylic acids is 2. The standard InChI is InChI=1S/C26H26Cl2F3N3O2/c1-14-8-17(26(29,30)31)10-22-19(14)11-18(33(22)3)12-20-21(27)13-32-24(23(20)28)25(36)34-6-4-16(5-7-34)9-15(2)35/h8,10-11,13,16H,4-7,9,12H2,1-3H3. The number of amides is 1. The van der Waals surface area contributed by atoms with Gasteiger partial charge in [0.1, 0.15) is 11.5 Å². The van der Waals surface area contributed by atoms with E-state index < -0.39 is 11.7 Å². The number of pyridine rings is 1. The van der Waals surface area contributed by atoms with Crippen LogP contribution in [0.1, 0.15) is 59.1 Å². The number of fused-ring (bicyclic) bond motifs is 1. The summed E-state index contributed by atoms with van der Waals surface area (Å²) < 4.78 is 41.7. The Labute approximate surface area is 217 Å². The van der Waals surface area contributed by atoms with Crippen LogP contribution in [0.25, 0.3) is 10.9 Å². The molecule has 0 N–H and O–H groups in total. The van der Waals surface area contributed by atoms with E-state index in [0.717, 1.165) is 25.0 Å². The van der Waals surface area contributed by atoms with E-state index in [4.69, 9.17) is 23.2 Å². The molecule has 1 aliphatic rings. The van der Waals surface area contributed by atoms with Gasteiger partial charge < -0.3 is 14.3 Å². The number of hydrogen-bond acceptors (Lipinski definition) is 3. The first-order valence-electron chi connectivity index (χ1n) is 11.6. The van der Waals surface area contributed by atoms with E-state index in [1.807, 2.05) is 6.07 Å². The zero-order chi connectivity index (χ0) is 26.4. The van der Waals surface area contributed by atoms with Gasteiger partial charge in [-0.15, -0.1) is 0 Å². The van der Waals surface area contributed by atoms with Crippen LogP contribution < -0.4 is 0 Å². The van der Waals surface area contributed by atoms with Gasteiger partial charge in [-0.1, -0.05) is 23.2 Å². The molecule has 1 fully saturated rings. The number of piperidine rings is 1. The number of rotatable bonds is 5. The first-order chi connectivity index (χ1) is 16.9. The molecule has 1 aliphatic heterocycles. The minimum Gasteiger partial charge on any atom is -0.347 e. The number of likely N-dealkylation sites (tertiary alicyclic amines) is 1. The molecule has 0 bridgehead atoms. The molecule has 0 radical (unpaired) electrons. The molecule has 0 aliphatic carbocycles. The third-order valence-electron chi connectivity index (χ3n) is 6.90. The highest BCUT2D eigenvalue weighted by Gasteiger charge is 2.32. The number of alkyl halides is 3. The molecule has 0 spiro atoms. The van der Waals surface area contributed by atoms with Gasteiger partial charge in [0.15, 0.2) is 0 Å². The number of benzene rings is 1. The molecule has 36 heavy (non-hydrogen) atoms. The lowest BCUT2D eigenvalue weighted by Gasteiger charge is -2.31. The molecular formula is C26H26Cl2F3N3O2. The summed E-state index contributed by atoms with van der Waals surface area (Å²) in [7, 11) is 1.69. The van der Waals surface area contributed by atoms with Gasteiger partial charge in [-0.25, -0.2) is 4.98 Å². The van der Waals surface area contributed by atoms with E-state index in [2.05, 4.69) is 4.98 Å². The summed E-state index contributed by atoms with van der Waals surface area (Å²) in [5.41, 5.74) is 1.53. The molecule has 0 saturated carbocycles. The zero-order valence-electron chi connectivity index (χ0n) is 20.2. The van der Waals surface area contributed by atoms with E-state index in [1.54, 1.807) is 30.4 Å². The fraction of sp³-hybridized carbons (Fsp3) is 0.423. The SMILES string of the molecule is CC(=O)CC1CCN(C(=O)c2ncc(Cl)c(Cc3cc4c(C)cc(C(F)(F)F)cc4n3C)c2Cl)CC1. The van der Waals surface area contributed by atoms with Gasteiger partial charge in [0.05, 0.1) is 15.6 Å². The Balaban J connectivity index is 1.62. The molecule has 5 nitrogen and oxygen atoms in total. The Morgan fingerprint density at radius 1 is 1.14 bits per heavy atom.